The zero-order chi connectivity index (χ0) is 22.2. The number of rotatable bonds is 4. The molecule has 1 unspecified atom stereocenters. The van der Waals surface area contributed by atoms with E-state index < -0.39 is 30.7 Å². The van der Waals surface area contributed by atoms with Crippen LogP contribution in [0.25, 0.3) is 0 Å². The maximum absolute atomic E-state index is 12.9. The molecule has 166 valence electrons. The maximum atomic E-state index is 12.9. The number of hydrogen-bond acceptors (Lipinski definition) is 5. The number of nitrogens with zero attached hydrogens (tertiary/aromatic N) is 2. The van der Waals surface area contributed by atoms with E-state index in [0.717, 1.165) is 41.8 Å². The number of urea groups is 1. The molecule has 1 atom stereocenters. The number of hydrogen-bond donors (Lipinski definition) is 1. The summed E-state index contributed by atoms with van der Waals surface area (Å²) in [5, 5.41) is 2.78. The molecular formula is C23H29N3O5. The zero-order valence-electron chi connectivity index (χ0n) is 18.1. The molecule has 31 heavy (non-hydrogen) atoms. The highest BCUT2D eigenvalue weighted by Gasteiger charge is 2.52. The van der Waals surface area contributed by atoms with Gasteiger partial charge in [0.1, 0.15) is 12.1 Å². The van der Waals surface area contributed by atoms with Gasteiger partial charge in [-0.1, -0.05) is 25.1 Å². The van der Waals surface area contributed by atoms with Crippen LogP contribution in [-0.2, 0) is 25.5 Å². The smallest absolute Gasteiger partial charge is 0.326 e. The molecule has 1 N–H and O–H groups in total. The average molecular weight is 428 g/mol. The predicted octanol–water partition coefficient (Wildman–Crippen LogP) is 2.40. The van der Waals surface area contributed by atoms with Gasteiger partial charge >= 0.3 is 12.0 Å². The highest BCUT2D eigenvalue weighted by Crippen LogP contribution is 2.36. The van der Waals surface area contributed by atoms with Crippen LogP contribution in [0.15, 0.2) is 24.3 Å². The van der Waals surface area contributed by atoms with E-state index in [-0.39, 0.29) is 17.9 Å². The minimum atomic E-state index is -0.896. The van der Waals surface area contributed by atoms with Crippen molar-refractivity contribution in [3.63, 3.8) is 0 Å². The van der Waals surface area contributed by atoms with Crippen molar-refractivity contribution in [3.05, 3.63) is 29.8 Å². The third kappa shape index (κ3) is 4.03. The van der Waals surface area contributed by atoms with Crippen LogP contribution in [0.3, 0.4) is 0 Å². The number of fused-ring (bicyclic) bond motifs is 1. The third-order valence-corrected chi connectivity index (χ3v) is 6.81. The number of imide groups is 1. The predicted molar refractivity (Wildman–Crippen MR) is 113 cm³/mol. The first-order valence-electron chi connectivity index (χ1n) is 11.0. The SMILES string of the molecule is CC1CCC2(CC1)NC(=O)N(CC(=O)OCC(=O)N1c3ccccc3CCC1C)C2=O. The van der Waals surface area contributed by atoms with Gasteiger partial charge in [-0.15, -0.1) is 0 Å². The van der Waals surface area contributed by atoms with Crippen molar-refractivity contribution in [2.75, 3.05) is 18.1 Å². The lowest BCUT2D eigenvalue weighted by molar-refractivity contribution is -0.150. The van der Waals surface area contributed by atoms with Gasteiger partial charge in [0, 0.05) is 11.7 Å². The van der Waals surface area contributed by atoms with Crippen LogP contribution in [0, 0.1) is 5.92 Å². The van der Waals surface area contributed by atoms with Crippen molar-refractivity contribution in [1.82, 2.24) is 10.2 Å². The van der Waals surface area contributed by atoms with Gasteiger partial charge in [0.05, 0.1) is 0 Å². The number of benzene rings is 1. The maximum Gasteiger partial charge on any atom is 0.326 e. The van der Waals surface area contributed by atoms with Crippen molar-refractivity contribution >= 4 is 29.5 Å². The number of anilines is 1. The first kappa shape index (κ1) is 21.3. The molecule has 2 fully saturated rings. The molecule has 1 saturated heterocycles. The van der Waals surface area contributed by atoms with Crippen molar-refractivity contribution in [3.8, 4) is 0 Å². The standard InChI is InChI=1S/C23H29N3O5/c1-15-9-11-23(12-10-15)21(29)25(22(30)24-23)13-20(28)31-14-19(27)26-16(2)7-8-17-5-3-4-6-18(17)26/h3-6,15-16H,7-14H2,1-2H3,(H,24,30). The van der Waals surface area contributed by atoms with Gasteiger partial charge in [-0.3, -0.25) is 19.3 Å². The van der Waals surface area contributed by atoms with Crippen LogP contribution in [0.1, 0.15) is 51.5 Å². The van der Waals surface area contributed by atoms with Crippen molar-refractivity contribution < 1.29 is 23.9 Å². The Labute approximate surface area is 181 Å². The molecule has 1 aliphatic carbocycles. The topological polar surface area (TPSA) is 96.0 Å². The average Bonchev–Trinajstić information content (AvgIpc) is 2.98. The van der Waals surface area contributed by atoms with E-state index in [1.165, 1.54) is 0 Å². The van der Waals surface area contributed by atoms with Gasteiger partial charge in [0.25, 0.3) is 11.8 Å². The summed E-state index contributed by atoms with van der Waals surface area (Å²) in [7, 11) is 0. The summed E-state index contributed by atoms with van der Waals surface area (Å²) in [6, 6.07) is 7.13. The third-order valence-electron chi connectivity index (χ3n) is 6.81. The quantitative estimate of drug-likeness (QED) is 0.588. The number of aryl methyl sites for hydroxylation is 1. The Balaban J connectivity index is 1.35. The molecule has 3 aliphatic rings. The molecule has 1 spiro atoms. The lowest BCUT2D eigenvalue weighted by atomic mass is 9.77. The highest BCUT2D eigenvalue weighted by atomic mass is 16.5. The summed E-state index contributed by atoms with van der Waals surface area (Å²) >= 11 is 0. The second-order valence-electron chi connectivity index (χ2n) is 9.03. The van der Waals surface area contributed by atoms with E-state index in [9.17, 15) is 19.2 Å². The van der Waals surface area contributed by atoms with E-state index in [0.29, 0.717) is 18.8 Å². The Morgan fingerprint density at radius 1 is 1.13 bits per heavy atom. The van der Waals surface area contributed by atoms with Gasteiger partial charge in [-0.2, -0.15) is 0 Å². The molecule has 2 aliphatic heterocycles. The number of carbonyl (C=O) groups is 4. The molecule has 1 saturated carbocycles. The van der Waals surface area contributed by atoms with Gasteiger partial charge in [-0.25, -0.2) is 4.79 Å². The van der Waals surface area contributed by atoms with Crippen molar-refractivity contribution in [2.24, 2.45) is 5.92 Å². The summed E-state index contributed by atoms with van der Waals surface area (Å²) in [6.45, 7) is 3.18. The largest absolute Gasteiger partial charge is 0.454 e. The first-order valence-corrected chi connectivity index (χ1v) is 11.0. The van der Waals surface area contributed by atoms with Crippen LogP contribution in [0.4, 0.5) is 10.5 Å². The molecule has 1 aromatic rings. The van der Waals surface area contributed by atoms with Crippen LogP contribution in [0.2, 0.25) is 0 Å². The van der Waals surface area contributed by atoms with Crippen LogP contribution in [0.5, 0.6) is 0 Å². The molecule has 2 heterocycles. The lowest BCUT2D eigenvalue weighted by Gasteiger charge is -2.35. The summed E-state index contributed by atoms with van der Waals surface area (Å²) in [4.78, 5) is 53.0. The lowest BCUT2D eigenvalue weighted by Crippen LogP contribution is -2.49. The minimum absolute atomic E-state index is 0.000547. The summed E-state index contributed by atoms with van der Waals surface area (Å²) < 4.78 is 5.17. The van der Waals surface area contributed by atoms with Gasteiger partial charge < -0.3 is 15.0 Å². The highest BCUT2D eigenvalue weighted by molar-refractivity contribution is 6.08. The van der Waals surface area contributed by atoms with Gasteiger partial charge in [0.2, 0.25) is 0 Å². The molecule has 8 heteroatoms. The zero-order valence-corrected chi connectivity index (χ0v) is 18.1. The molecule has 8 nitrogen and oxygen atoms in total. The second-order valence-corrected chi connectivity index (χ2v) is 9.03. The fourth-order valence-electron chi connectivity index (χ4n) is 4.87. The van der Waals surface area contributed by atoms with Gasteiger partial charge in [0.15, 0.2) is 6.61 Å². The summed E-state index contributed by atoms with van der Waals surface area (Å²) in [5.74, 6) is -0.937. The Bertz CT molecular complexity index is 906. The number of para-hydroxylation sites is 1. The van der Waals surface area contributed by atoms with Crippen LogP contribution in [-0.4, -0.2) is 53.4 Å². The fraction of sp³-hybridized carbons (Fsp3) is 0.565. The molecule has 0 radical (unpaired) electrons. The minimum Gasteiger partial charge on any atom is -0.454 e. The number of nitrogens with one attached hydrogen (secondary N) is 1. The number of carbonyl (C=O) groups excluding carboxylic acids is 4. The normalized spacial score (nSPS) is 27.8. The number of esters is 1. The molecular weight excluding hydrogens is 398 g/mol. The molecule has 0 bridgehead atoms. The Kier molecular flexibility index (Phi) is 5.73. The van der Waals surface area contributed by atoms with Crippen LogP contribution < -0.4 is 10.2 Å². The molecule has 0 aromatic heterocycles. The molecule has 4 rings (SSSR count). The Morgan fingerprint density at radius 3 is 2.58 bits per heavy atom. The Hall–Kier alpha value is -2.90. The van der Waals surface area contributed by atoms with Crippen LogP contribution >= 0.6 is 0 Å². The van der Waals surface area contributed by atoms with Gasteiger partial charge in [-0.05, 0) is 63.0 Å². The summed E-state index contributed by atoms with van der Waals surface area (Å²) in [6.07, 6.45) is 4.60. The van der Waals surface area contributed by atoms with E-state index in [2.05, 4.69) is 12.2 Å². The number of ether oxygens (including phenoxy) is 1. The molecule has 1 aromatic carbocycles. The van der Waals surface area contributed by atoms with Crippen molar-refractivity contribution in [1.29, 1.82) is 0 Å². The second kappa shape index (κ2) is 8.32. The summed E-state index contributed by atoms with van der Waals surface area (Å²) in [5.41, 5.74) is 1.03. The van der Waals surface area contributed by atoms with E-state index >= 15 is 0 Å². The van der Waals surface area contributed by atoms with E-state index in [1.54, 1.807) is 4.90 Å². The Morgan fingerprint density at radius 2 is 1.84 bits per heavy atom. The van der Waals surface area contributed by atoms with E-state index in [4.69, 9.17) is 4.74 Å². The monoisotopic (exact) mass is 427 g/mol. The van der Waals surface area contributed by atoms with E-state index in [1.807, 2.05) is 31.2 Å². The number of amides is 4. The molecule has 4 amide bonds. The first-order chi connectivity index (χ1) is 14.8. The van der Waals surface area contributed by atoms with Crippen molar-refractivity contribution in [2.45, 2.75) is 64.0 Å². The fourth-order valence-corrected chi connectivity index (χ4v) is 4.87.